The van der Waals surface area contributed by atoms with Crippen molar-refractivity contribution in [2.45, 2.75) is 45.3 Å². The van der Waals surface area contributed by atoms with E-state index >= 15 is 0 Å². The van der Waals surface area contributed by atoms with Gasteiger partial charge in [0.2, 0.25) is 5.95 Å². The highest BCUT2D eigenvalue weighted by atomic mass is 16.6. The number of likely N-dealkylation sites (tertiary alicyclic amines) is 1. The van der Waals surface area contributed by atoms with E-state index in [1.54, 1.807) is 4.90 Å². The largest absolute Gasteiger partial charge is 0.444 e. The summed E-state index contributed by atoms with van der Waals surface area (Å²) in [6.45, 7) is 7.04. The van der Waals surface area contributed by atoms with E-state index in [1.807, 2.05) is 45.0 Å². The molecule has 0 aliphatic carbocycles. The third kappa shape index (κ3) is 3.94. The van der Waals surface area contributed by atoms with E-state index in [9.17, 15) is 4.79 Å². The number of aromatic nitrogens is 2. The lowest BCUT2D eigenvalue weighted by atomic mass is 10.1. The molecule has 1 fully saturated rings. The number of nitrogens with zero attached hydrogens (tertiary/aromatic N) is 2. The number of hydrogen-bond donors (Lipinski definition) is 2. The molecule has 1 aliphatic rings. The molecule has 0 radical (unpaired) electrons. The topological polar surface area (TPSA) is 70.2 Å². The van der Waals surface area contributed by atoms with Crippen LogP contribution in [0.4, 0.5) is 10.7 Å². The van der Waals surface area contributed by atoms with E-state index in [2.05, 4.69) is 15.3 Å². The average molecular weight is 316 g/mol. The molecule has 2 aromatic rings. The number of ether oxygens (including phenoxy) is 1. The van der Waals surface area contributed by atoms with Crippen LogP contribution >= 0.6 is 0 Å². The molecule has 1 amide bonds. The van der Waals surface area contributed by atoms with Crippen LogP contribution in [0.3, 0.4) is 0 Å². The first kappa shape index (κ1) is 15.6. The smallest absolute Gasteiger partial charge is 0.410 e. The highest BCUT2D eigenvalue weighted by Crippen LogP contribution is 2.19. The second-order valence-electron chi connectivity index (χ2n) is 7.01. The maximum absolute atomic E-state index is 12.2. The van der Waals surface area contributed by atoms with Gasteiger partial charge in [0.05, 0.1) is 11.0 Å². The van der Waals surface area contributed by atoms with Crippen molar-refractivity contribution in [3.8, 4) is 0 Å². The van der Waals surface area contributed by atoms with Crippen molar-refractivity contribution in [1.29, 1.82) is 0 Å². The molecule has 2 heterocycles. The minimum absolute atomic E-state index is 0.178. The Kier molecular flexibility index (Phi) is 4.15. The van der Waals surface area contributed by atoms with Crippen LogP contribution < -0.4 is 5.32 Å². The number of carbonyl (C=O) groups excluding carboxylic acids is 1. The molecule has 6 heteroatoms. The number of benzene rings is 1. The molecular weight excluding hydrogens is 292 g/mol. The first-order valence-corrected chi connectivity index (χ1v) is 8.10. The molecule has 0 spiro atoms. The maximum atomic E-state index is 12.2. The molecule has 1 aromatic heterocycles. The first-order valence-electron chi connectivity index (χ1n) is 8.10. The van der Waals surface area contributed by atoms with Gasteiger partial charge in [-0.05, 0) is 45.7 Å². The van der Waals surface area contributed by atoms with Crippen molar-refractivity contribution in [3.05, 3.63) is 24.3 Å². The van der Waals surface area contributed by atoms with E-state index in [0.29, 0.717) is 6.54 Å². The van der Waals surface area contributed by atoms with E-state index in [-0.39, 0.29) is 12.1 Å². The molecule has 0 bridgehead atoms. The Morgan fingerprint density at radius 1 is 1.39 bits per heavy atom. The Hall–Kier alpha value is -2.24. The van der Waals surface area contributed by atoms with Crippen LogP contribution in [0.25, 0.3) is 11.0 Å². The number of aromatic amines is 1. The molecule has 1 atom stereocenters. The molecule has 1 saturated heterocycles. The molecule has 1 aliphatic heterocycles. The highest BCUT2D eigenvalue weighted by molar-refractivity contribution is 5.77. The first-order chi connectivity index (χ1) is 10.9. The molecule has 124 valence electrons. The number of para-hydroxylation sites is 2. The summed E-state index contributed by atoms with van der Waals surface area (Å²) < 4.78 is 5.46. The van der Waals surface area contributed by atoms with Crippen molar-refractivity contribution >= 4 is 23.1 Å². The van der Waals surface area contributed by atoms with Crippen molar-refractivity contribution in [2.24, 2.45) is 0 Å². The third-order valence-electron chi connectivity index (χ3n) is 3.80. The molecule has 23 heavy (non-hydrogen) atoms. The minimum Gasteiger partial charge on any atom is -0.444 e. The number of nitrogens with one attached hydrogen (secondary N) is 2. The van der Waals surface area contributed by atoms with Crippen molar-refractivity contribution < 1.29 is 9.53 Å². The highest BCUT2D eigenvalue weighted by Gasteiger charge is 2.27. The van der Waals surface area contributed by atoms with Crippen LogP contribution in [0.1, 0.15) is 33.6 Å². The van der Waals surface area contributed by atoms with Gasteiger partial charge in [-0.15, -0.1) is 0 Å². The summed E-state index contributed by atoms with van der Waals surface area (Å²) in [5, 5.41) is 3.40. The number of hydrogen-bond acceptors (Lipinski definition) is 4. The van der Waals surface area contributed by atoms with Crippen LogP contribution in [0, 0.1) is 0 Å². The van der Waals surface area contributed by atoms with Gasteiger partial charge in [-0.3, -0.25) is 0 Å². The molecule has 2 N–H and O–H groups in total. The van der Waals surface area contributed by atoms with Gasteiger partial charge in [-0.1, -0.05) is 12.1 Å². The summed E-state index contributed by atoms with van der Waals surface area (Å²) >= 11 is 0. The zero-order chi connectivity index (χ0) is 16.4. The fourth-order valence-corrected chi connectivity index (χ4v) is 2.80. The van der Waals surface area contributed by atoms with Gasteiger partial charge >= 0.3 is 6.09 Å². The zero-order valence-electron chi connectivity index (χ0n) is 13.9. The standard InChI is InChI=1S/C17H24N4O2/c1-17(2,3)23-16(22)21-10-6-7-12(11-21)18-15-19-13-8-4-5-9-14(13)20-15/h4-5,8-9,12H,6-7,10-11H2,1-3H3,(H2,18,19,20)/t12-/m0/s1. The third-order valence-corrected chi connectivity index (χ3v) is 3.80. The summed E-state index contributed by atoms with van der Waals surface area (Å²) in [6.07, 6.45) is 1.72. The fourth-order valence-electron chi connectivity index (χ4n) is 2.80. The second-order valence-corrected chi connectivity index (χ2v) is 7.01. The maximum Gasteiger partial charge on any atom is 0.410 e. The Bertz CT molecular complexity index is 656. The predicted octanol–water partition coefficient (Wildman–Crippen LogP) is 3.37. The fraction of sp³-hybridized carbons (Fsp3) is 0.529. The van der Waals surface area contributed by atoms with Gasteiger partial charge in [0.15, 0.2) is 0 Å². The van der Waals surface area contributed by atoms with E-state index in [0.717, 1.165) is 36.4 Å². The molecule has 3 rings (SSSR count). The SMILES string of the molecule is CC(C)(C)OC(=O)N1CCC[C@H](Nc2nc3ccccc3[nH]2)C1. The Morgan fingerprint density at radius 3 is 2.91 bits per heavy atom. The number of fused-ring (bicyclic) bond motifs is 1. The summed E-state index contributed by atoms with van der Waals surface area (Å²) in [5.74, 6) is 0.752. The van der Waals surface area contributed by atoms with Crippen LogP contribution in [0.15, 0.2) is 24.3 Å². The van der Waals surface area contributed by atoms with Crippen molar-refractivity contribution in [2.75, 3.05) is 18.4 Å². The number of rotatable bonds is 2. The van der Waals surface area contributed by atoms with Gasteiger partial charge < -0.3 is 19.9 Å². The number of H-pyrrole nitrogens is 1. The lowest BCUT2D eigenvalue weighted by Gasteiger charge is -2.34. The van der Waals surface area contributed by atoms with Gasteiger partial charge in [0.25, 0.3) is 0 Å². The number of imidazole rings is 1. The van der Waals surface area contributed by atoms with Gasteiger partial charge in [-0.25, -0.2) is 9.78 Å². The number of piperidine rings is 1. The normalized spacial score (nSPS) is 18.9. The average Bonchev–Trinajstić information content (AvgIpc) is 2.88. The van der Waals surface area contributed by atoms with E-state index in [4.69, 9.17) is 4.74 Å². The Balaban J connectivity index is 1.63. The summed E-state index contributed by atoms with van der Waals surface area (Å²) in [5.41, 5.74) is 1.49. The predicted molar refractivity (Wildman–Crippen MR) is 90.5 cm³/mol. The summed E-state index contributed by atoms with van der Waals surface area (Å²) in [7, 11) is 0. The summed E-state index contributed by atoms with van der Waals surface area (Å²) in [6, 6.07) is 8.11. The Morgan fingerprint density at radius 2 is 2.17 bits per heavy atom. The lowest BCUT2D eigenvalue weighted by molar-refractivity contribution is 0.0206. The number of anilines is 1. The van der Waals surface area contributed by atoms with Gasteiger partial charge in [-0.2, -0.15) is 0 Å². The monoisotopic (exact) mass is 316 g/mol. The van der Waals surface area contributed by atoms with E-state index in [1.165, 1.54) is 0 Å². The quantitative estimate of drug-likeness (QED) is 0.891. The number of carbonyl (C=O) groups is 1. The number of amides is 1. The molecule has 0 saturated carbocycles. The van der Waals surface area contributed by atoms with Crippen LogP contribution in [-0.2, 0) is 4.74 Å². The van der Waals surface area contributed by atoms with Crippen molar-refractivity contribution in [3.63, 3.8) is 0 Å². The lowest BCUT2D eigenvalue weighted by Crippen LogP contribution is -2.47. The van der Waals surface area contributed by atoms with Gasteiger partial charge in [0.1, 0.15) is 5.60 Å². The van der Waals surface area contributed by atoms with Crippen LogP contribution in [0.5, 0.6) is 0 Å². The van der Waals surface area contributed by atoms with Crippen LogP contribution in [0.2, 0.25) is 0 Å². The minimum atomic E-state index is -0.462. The van der Waals surface area contributed by atoms with Gasteiger partial charge in [0, 0.05) is 19.1 Å². The molecule has 0 unspecified atom stereocenters. The zero-order valence-corrected chi connectivity index (χ0v) is 13.9. The molecular formula is C17H24N4O2. The molecule has 6 nitrogen and oxygen atoms in total. The van der Waals surface area contributed by atoms with Crippen molar-refractivity contribution in [1.82, 2.24) is 14.9 Å². The Labute approximate surface area is 136 Å². The van der Waals surface area contributed by atoms with E-state index < -0.39 is 5.60 Å². The van der Waals surface area contributed by atoms with Crippen LogP contribution in [-0.4, -0.2) is 45.7 Å². The second kappa shape index (κ2) is 6.10. The summed E-state index contributed by atoms with van der Waals surface area (Å²) in [4.78, 5) is 21.8. The molecule has 1 aromatic carbocycles.